The molecule has 0 atom stereocenters. The number of nitrogens with zero attached hydrogens (tertiary/aromatic N) is 1. The Balaban J connectivity index is 1.15. The van der Waals surface area contributed by atoms with Crippen LogP contribution in [0.2, 0.25) is 0 Å². The smallest absolute Gasteiger partial charge is 0.407 e. The number of benzene rings is 1. The molecule has 2 heterocycles. The van der Waals surface area contributed by atoms with Crippen LogP contribution in [0.5, 0.6) is 0 Å². The van der Waals surface area contributed by atoms with Gasteiger partial charge in [-0.05, 0) is 72.5 Å². The maximum Gasteiger partial charge on any atom is 0.407 e. The number of likely N-dealkylation sites (tertiary alicyclic amines) is 1. The van der Waals surface area contributed by atoms with E-state index in [0.717, 1.165) is 44.3 Å². The highest BCUT2D eigenvalue weighted by molar-refractivity contribution is 5.81. The molecule has 1 N–H and O–H groups in total. The molecule has 5 rings (SSSR count). The number of carbonyl (C=O) groups is 2. The average molecular weight is 429 g/mol. The van der Waals surface area contributed by atoms with E-state index >= 15 is 0 Å². The Morgan fingerprint density at radius 3 is 2.42 bits per heavy atom. The Morgan fingerprint density at radius 2 is 1.84 bits per heavy atom. The maximum atomic E-state index is 14.5. The van der Waals surface area contributed by atoms with Crippen molar-refractivity contribution in [2.75, 3.05) is 19.7 Å². The van der Waals surface area contributed by atoms with Crippen molar-refractivity contribution in [3.8, 4) is 0 Å². The summed E-state index contributed by atoms with van der Waals surface area (Å²) in [5.41, 5.74) is 2.04. The lowest BCUT2D eigenvalue weighted by Gasteiger charge is -2.53. The highest BCUT2D eigenvalue weighted by Gasteiger charge is 2.54. The lowest BCUT2D eigenvalue weighted by Crippen LogP contribution is -2.59. The van der Waals surface area contributed by atoms with Crippen LogP contribution < -0.4 is 5.32 Å². The molecule has 31 heavy (non-hydrogen) atoms. The van der Waals surface area contributed by atoms with E-state index in [1.54, 1.807) is 6.07 Å². The highest BCUT2D eigenvalue weighted by atomic mass is 19.1. The monoisotopic (exact) mass is 428 g/mol. The first kappa shape index (κ1) is 20.8. The summed E-state index contributed by atoms with van der Waals surface area (Å²) in [6.07, 6.45) is 5.07. The van der Waals surface area contributed by atoms with Crippen molar-refractivity contribution in [1.29, 1.82) is 0 Å². The van der Waals surface area contributed by atoms with Gasteiger partial charge in [0.1, 0.15) is 12.4 Å². The molecule has 2 aliphatic heterocycles. The van der Waals surface area contributed by atoms with Crippen LogP contribution in [0.15, 0.2) is 18.2 Å². The molecule has 6 heteroatoms. The third-order valence-corrected chi connectivity index (χ3v) is 8.27. The number of rotatable bonds is 2. The van der Waals surface area contributed by atoms with Gasteiger partial charge in [0.05, 0.1) is 5.54 Å². The highest BCUT2D eigenvalue weighted by Crippen LogP contribution is 2.57. The Morgan fingerprint density at radius 1 is 1.16 bits per heavy atom. The number of cyclic esters (lactones) is 1. The fourth-order valence-electron chi connectivity index (χ4n) is 6.17. The number of alkyl carbamates (subject to hydrolysis) is 1. The maximum absolute atomic E-state index is 14.5. The van der Waals surface area contributed by atoms with E-state index in [0.29, 0.717) is 25.4 Å². The Kier molecular flexibility index (Phi) is 4.65. The van der Waals surface area contributed by atoms with Gasteiger partial charge in [-0.3, -0.25) is 4.79 Å². The average Bonchev–Trinajstić information content (AvgIpc) is 3.06. The largest absolute Gasteiger partial charge is 0.447 e. The summed E-state index contributed by atoms with van der Waals surface area (Å²) < 4.78 is 19.6. The lowest BCUT2D eigenvalue weighted by molar-refractivity contribution is -0.144. The summed E-state index contributed by atoms with van der Waals surface area (Å²) in [4.78, 5) is 26.2. The molecule has 0 bridgehead atoms. The van der Waals surface area contributed by atoms with Gasteiger partial charge >= 0.3 is 6.09 Å². The SMILES string of the molecule is CC(C)(C)c1ccc(F)c(C2CC3(CCN(C(=O)[C@H]4C[C@]5(COC(=O)N5)C4)CC3)C2)c1. The molecule has 2 amide bonds. The molecule has 0 radical (unpaired) electrons. The van der Waals surface area contributed by atoms with E-state index in [4.69, 9.17) is 4.74 Å². The first-order valence-corrected chi connectivity index (χ1v) is 11.6. The molecule has 2 spiro atoms. The van der Waals surface area contributed by atoms with Gasteiger partial charge in [-0.25, -0.2) is 9.18 Å². The van der Waals surface area contributed by atoms with E-state index in [1.807, 2.05) is 11.0 Å². The van der Waals surface area contributed by atoms with Crippen molar-refractivity contribution in [2.24, 2.45) is 11.3 Å². The molecule has 5 nitrogen and oxygen atoms in total. The van der Waals surface area contributed by atoms with E-state index in [9.17, 15) is 14.0 Å². The van der Waals surface area contributed by atoms with Crippen molar-refractivity contribution in [3.05, 3.63) is 35.1 Å². The second-order valence-electron chi connectivity index (χ2n) is 11.5. The summed E-state index contributed by atoms with van der Waals surface area (Å²) in [7, 11) is 0. The standard InChI is InChI=1S/C25H33FN2O3/c1-23(2,3)18-4-5-20(26)19(10-18)16-11-24(12-16)6-8-28(9-7-24)21(29)17-13-25(14-17)15-31-22(30)27-25/h4-5,10,16-17H,6-9,11-15H2,1-3H3,(H,27,30)/t17-,25+. The van der Waals surface area contributed by atoms with Crippen LogP contribution in [-0.4, -0.2) is 42.1 Å². The number of ether oxygens (including phenoxy) is 1. The minimum absolute atomic E-state index is 0.000534. The number of amides is 2. The van der Waals surface area contributed by atoms with Crippen LogP contribution >= 0.6 is 0 Å². The van der Waals surface area contributed by atoms with Gasteiger partial charge in [-0.2, -0.15) is 0 Å². The van der Waals surface area contributed by atoms with Crippen LogP contribution in [-0.2, 0) is 14.9 Å². The van der Waals surface area contributed by atoms with Crippen LogP contribution in [0.1, 0.15) is 76.3 Å². The van der Waals surface area contributed by atoms with Gasteiger partial charge in [0.2, 0.25) is 5.91 Å². The molecule has 0 unspecified atom stereocenters. The van der Waals surface area contributed by atoms with Crippen LogP contribution in [0.3, 0.4) is 0 Å². The normalized spacial score (nSPS) is 26.9. The topological polar surface area (TPSA) is 58.6 Å². The third kappa shape index (κ3) is 3.62. The molecule has 0 aromatic heterocycles. The molecular formula is C25H33FN2O3. The zero-order valence-corrected chi connectivity index (χ0v) is 18.8. The van der Waals surface area contributed by atoms with Crippen LogP contribution in [0.25, 0.3) is 0 Å². The summed E-state index contributed by atoms with van der Waals surface area (Å²) in [5, 5.41) is 2.86. The first-order valence-electron chi connectivity index (χ1n) is 11.6. The Labute approximate surface area is 183 Å². The molecular weight excluding hydrogens is 395 g/mol. The third-order valence-electron chi connectivity index (χ3n) is 8.27. The predicted octanol–water partition coefficient (Wildman–Crippen LogP) is 4.50. The summed E-state index contributed by atoms with van der Waals surface area (Å²) in [5.74, 6) is 0.435. The van der Waals surface area contributed by atoms with Gasteiger partial charge in [0.15, 0.2) is 0 Å². The number of hydrogen-bond acceptors (Lipinski definition) is 3. The number of hydrogen-bond donors (Lipinski definition) is 1. The van der Waals surface area contributed by atoms with Gasteiger partial charge in [-0.15, -0.1) is 0 Å². The second kappa shape index (κ2) is 6.94. The van der Waals surface area contributed by atoms with Crippen molar-refractivity contribution in [1.82, 2.24) is 10.2 Å². The molecule has 168 valence electrons. The minimum Gasteiger partial charge on any atom is -0.447 e. The first-order chi connectivity index (χ1) is 14.6. The van der Waals surface area contributed by atoms with E-state index in [1.165, 1.54) is 5.56 Å². The van der Waals surface area contributed by atoms with E-state index < -0.39 is 0 Å². The Hall–Kier alpha value is -2.11. The summed E-state index contributed by atoms with van der Waals surface area (Å²) in [6.45, 7) is 8.46. The zero-order chi connectivity index (χ0) is 22.0. The van der Waals surface area contributed by atoms with Crippen LogP contribution in [0.4, 0.5) is 9.18 Å². The molecule has 1 aromatic carbocycles. The quantitative estimate of drug-likeness (QED) is 0.755. The van der Waals surface area contributed by atoms with Gasteiger partial charge < -0.3 is 15.0 Å². The predicted molar refractivity (Wildman–Crippen MR) is 115 cm³/mol. The zero-order valence-electron chi connectivity index (χ0n) is 18.8. The van der Waals surface area contributed by atoms with Crippen molar-refractivity contribution in [2.45, 2.75) is 76.2 Å². The molecule has 4 fully saturated rings. The lowest BCUT2D eigenvalue weighted by atomic mass is 9.55. The number of nitrogens with one attached hydrogen (secondary N) is 1. The fourth-order valence-corrected chi connectivity index (χ4v) is 6.17. The fraction of sp³-hybridized carbons (Fsp3) is 0.680. The number of carbonyl (C=O) groups excluding carboxylic acids is 2. The number of piperidine rings is 1. The van der Waals surface area contributed by atoms with Gasteiger partial charge in [-0.1, -0.05) is 32.9 Å². The van der Waals surface area contributed by atoms with E-state index in [-0.39, 0.29) is 40.1 Å². The Bertz CT molecular complexity index is 900. The molecule has 2 saturated carbocycles. The summed E-state index contributed by atoms with van der Waals surface area (Å²) >= 11 is 0. The second-order valence-corrected chi connectivity index (χ2v) is 11.5. The van der Waals surface area contributed by atoms with E-state index in [2.05, 4.69) is 32.2 Å². The molecule has 4 aliphatic rings. The van der Waals surface area contributed by atoms with Crippen molar-refractivity contribution in [3.63, 3.8) is 0 Å². The summed E-state index contributed by atoms with van der Waals surface area (Å²) in [6, 6.07) is 5.61. The molecule has 1 aromatic rings. The van der Waals surface area contributed by atoms with Crippen LogP contribution in [0, 0.1) is 17.2 Å². The van der Waals surface area contributed by atoms with Crippen molar-refractivity contribution < 1.29 is 18.7 Å². The van der Waals surface area contributed by atoms with Gasteiger partial charge in [0, 0.05) is 19.0 Å². The van der Waals surface area contributed by atoms with Gasteiger partial charge in [0.25, 0.3) is 0 Å². The number of halogens is 1. The minimum atomic E-state index is -0.366. The van der Waals surface area contributed by atoms with Crippen molar-refractivity contribution >= 4 is 12.0 Å². The molecule has 2 aliphatic carbocycles. The molecule has 2 saturated heterocycles.